The van der Waals surface area contributed by atoms with Crippen molar-refractivity contribution in [3.63, 3.8) is 0 Å². The van der Waals surface area contributed by atoms with E-state index in [1.807, 2.05) is 14.0 Å². The first-order chi connectivity index (χ1) is 11.6. The average molecular weight is 333 g/mol. The summed E-state index contributed by atoms with van der Waals surface area (Å²) < 4.78 is 11.0. The summed E-state index contributed by atoms with van der Waals surface area (Å²) in [5.41, 5.74) is 2.75. The summed E-state index contributed by atoms with van der Waals surface area (Å²) in [5, 5.41) is 6.84. The summed E-state index contributed by atoms with van der Waals surface area (Å²) >= 11 is 0. The predicted molar refractivity (Wildman–Crippen MR) is 98.7 cm³/mol. The molecular weight excluding hydrogens is 302 g/mol. The molecule has 1 fully saturated rings. The third-order valence-electron chi connectivity index (χ3n) is 4.62. The van der Waals surface area contributed by atoms with Gasteiger partial charge in [0.15, 0.2) is 5.96 Å². The van der Waals surface area contributed by atoms with E-state index in [4.69, 9.17) is 9.47 Å². The van der Waals surface area contributed by atoms with Gasteiger partial charge in [-0.25, -0.2) is 0 Å². The Bertz CT molecular complexity index is 554. The van der Waals surface area contributed by atoms with Crippen molar-refractivity contribution in [3.05, 3.63) is 29.3 Å². The number of benzene rings is 1. The van der Waals surface area contributed by atoms with Crippen LogP contribution in [0, 0.1) is 12.3 Å². The highest BCUT2D eigenvalue weighted by Crippen LogP contribution is 2.48. The number of hydrogen-bond donors (Lipinski definition) is 2. The van der Waals surface area contributed by atoms with E-state index in [2.05, 4.69) is 40.7 Å². The van der Waals surface area contributed by atoms with E-state index in [0.717, 1.165) is 36.8 Å². The molecule has 2 rings (SSSR count). The zero-order chi connectivity index (χ0) is 17.4. The number of nitrogens with one attached hydrogen (secondary N) is 2. The van der Waals surface area contributed by atoms with Crippen LogP contribution in [0.4, 0.5) is 0 Å². The van der Waals surface area contributed by atoms with Crippen LogP contribution in [0.15, 0.2) is 23.2 Å². The lowest BCUT2D eigenvalue weighted by molar-refractivity contribution is 0.172. The maximum absolute atomic E-state index is 5.74. The second-order valence-corrected chi connectivity index (χ2v) is 6.57. The Morgan fingerprint density at radius 2 is 2.08 bits per heavy atom. The van der Waals surface area contributed by atoms with Gasteiger partial charge in [-0.1, -0.05) is 12.1 Å². The maximum Gasteiger partial charge on any atom is 0.191 e. The molecule has 1 aliphatic carbocycles. The van der Waals surface area contributed by atoms with Crippen LogP contribution >= 0.6 is 0 Å². The number of ether oxygens (including phenoxy) is 2. The molecule has 0 atom stereocenters. The van der Waals surface area contributed by atoms with Gasteiger partial charge in [-0.05, 0) is 50.2 Å². The number of rotatable bonds is 9. The Hall–Kier alpha value is -1.75. The zero-order valence-electron chi connectivity index (χ0n) is 15.4. The Balaban J connectivity index is 1.86. The normalized spacial score (nSPS) is 15.9. The molecule has 0 aliphatic heterocycles. The first kappa shape index (κ1) is 18.6. The fourth-order valence-electron chi connectivity index (χ4n) is 2.78. The first-order valence-electron chi connectivity index (χ1n) is 8.78. The van der Waals surface area contributed by atoms with Gasteiger partial charge in [-0.3, -0.25) is 4.99 Å². The van der Waals surface area contributed by atoms with E-state index in [1.165, 1.54) is 18.4 Å². The molecule has 2 N–H and O–H groups in total. The minimum atomic E-state index is 0.397. The SMILES string of the molecule is CCOc1cc(C)ccc1CNC(=NC)NCC1(CCOC)CC1. The largest absolute Gasteiger partial charge is 0.494 e. The Labute approximate surface area is 145 Å². The number of methoxy groups -OCH3 is 1. The number of nitrogens with zero attached hydrogens (tertiary/aromatic N) is 1. The monoisotopic (exact) mass is 333 g/mol. The lowest BCUT2D eigenvalue weighted by atomic mass is 10.0. The molecule has 0 heterocycles. The van der Waals surface area contributed by atoms with Crippen molar-refractivity contribution < 1.29 is 9.47 Å². The summed E-state index contributed by atoms with van der Waals surface area (Å²) in [5.74, 6) is 1.78. The third kappa shape index (κ3) is 5.41. The Morgan fingerprint density at radius 3 is 2.71 bits per heavy atom. The van der Waals surface area contributed by atoms with Crippen molar-refractivity contribution in [3.8, 4) is 5.75 Å². The molecule has 1 aliphatic rings. The van der Waals surface area contributed by atoms with Crippen molar-refractivity contribution in [2.24, 2.45) is 10.4 Å². The van der Waals surface area contributed by atoms with Crippen molar-refractivity contribution in [2.75, 3.05) is 33.9 Å². The topological polar surface area (TPSA) is 54.9 Å². The fraction of sp³-hybridized carbons (Fsp3) is 0.632. The molecule has 1 aromatic rings. The van der Waals surface area contributed by atoms with Crippen LogP contribution < -0.4 is 15.4 Å². The number of guanidine groups is 1. The molecule has 0 radical (unpaired) electrons. The summed E-state index contributed by atoms with van der Waals surface area (Å²) in [6.45, 7) is 7.23. The molecule has 0 bridgehead atoms. The minimum Gasteiger partial charge on any atom is -0.494 e. The highest BCUT2D eigenvalue weighted by atomic mass is 16.5. The molecule has 5 heteroatoms. The molecule has 1 aromatic carbocycles. The average Bonchev–Trinajstić information content (AvgIpc) is 3.35. The van der Waals surface area contributed by atoms with E-state index >= 15 is 0 Å². The number of aliphatic imine (C=N–C) groups is 1. The molecule has 134 valence electrons. The van der Waals surface area contributed by atoms with Crippen molar-refractivity contribution in [1.82, 2.24) is 10.6 Å². The fourth-order valence-corrected chi connectivity index (χ4v) is 2.78. The number of aryl methyl sites for hydroxylation is 1. The van der Waals surface area contributed by atoms with Crippen LogP contribution in [-0.4, -0.2) is 39.9 Å². The smallest absolute Gasteiger partial charge is 0.191 e. The van der Waals surface area contributed by atoms with Gasteiger partial charge in [-0.15, -0.1) is 0 Å². The zero-order valence-corrected chi connectivity index (χ0v) is 15.4. The van der Waals surface area contributed by atoms with Crippen molar-refractivity contribution >= 4 is 5.96 Å². The van der Waals surface area contributed by atoms with E-state index in [9.17, 15) is 0 Å². The predicted octanol–water partition coefficient (Wildman–Crippen LogP) is 2.88. The van der Waals surface area contributed by atoms with Crippen LogP contribution in [0.1, 0.15) is 37.3 Å². The molecule has 24 heavy (non-hydrogen) atoms. The van der Waals surface area contributed by atoms with Crippen molar-refractivity contribution in [1.29, 1.82) is 0 Å². The van der Waals surface area contributed by atoms with E-state index in [-0.39, 0.29) is 0 Å². The summed E-state index contributed by atoms with van der Waals surface area (Å²) in [4.78, 5) is 4.33. The summed E-state index contributed by atoms with van der Waals surface area (Å²) in [7, 11) is 3.57. The molecule has 0 saturated heterocycles. The molecule has 0 aromatic heterocycles. The van der Waals surface area contributed by atoms with E-state index < -0.39 is 0 Å². The minimum absolute atomic E-state index is 0.397. The van der Waals surface area contributed by atoms with Crippen LogP contribution in [0.5, 0.6) is 5.75 Å². The second-order valence-electron chi connectivity index (χ2n) is 6.57. The van der Waals surface area contributed by atoms with Gasteiger partial charge >= 0.3 is 0 Å². The lowest BCUT2D eigenvalue weighted by Gasteiger charge is -2.19. The van der Waals surface area contributed by atoms with Gasteiger partial charge in [0, 0.05) is 39.4 Å². The van der Waals surface area contributed by atoms with Gasteiger partial charge in [0.1, 0.15) is 5.75 Å². The van der Waals surface area contributed by atoms with Crippen LogP contribution in [0.25, 0.3) is 0 Å². The van der Waals surface area contributed by atoms with Gasteiger partial charge in [0.05, 0.1) is 6.61 Å². The van der Waals surface area contributed by atoms with E-state index in [0.29, 0.717) is 18.6 Å². The molecule has 5 nitrogen and oxygen atoms in total. The maximum atomic E-state index is 5.74. The summed E-state index contributed by atoms with van der Waals surface area (Å²) in [6.07, 6.45) is 3.65. The van der Waals surface area contributed by atoms with Gasteiger partial charge in [0.2, 0.25) is 0 Å². The van der Waals surface area contributed by atoms with E-state index in [1.54, 1.807) is 7.11 Å². The second kappa shape index (κ2) is 8.92. The highest BCUT2D eigenvalue weighted by Gasteiger charge is 2.41. The Morgan fingerprint density at radius 1 is 1.29 bits per heavy atom. The molecule has 0 spiro atoms. The quantitative estimate of drug-likeness (QED) is 0.539. The molecule has 1 saturated carbocycles. The highest BCUT2D eigenvalue weighted by molar-refractivity contribution is 5.79. The molecular formula is C19H31N3O2. The lowest BCUT2D eigenvalue weighted by Crippen LogP contribution is -2.40. The van der Waals surface area contributed by atoms with Gasteiger partial charge in [0.25, 0.3) is 0 Å². The van der Waals surface area contributed by atoms with Gasteiger partial charge < -0.3 is 20.1 Å². The van der Waals surface area contributed by atoms with Crippen LogP contribution in [0.2, 0.25) is 0 Å². The standard InChI is InChI=1S/C19H31N3O2/c1-5-24-17-12-15(2)6-7-16(17)13-21-18(20-3)22-14-19(8-9-19)10-11-23-4/h6-7,12H,5,8-11,13-14H2,1-4H3,(H2,20,21,22). The first-order valence-corrected chi connectivity index (χ1v) is 8.78. The third-order valence-corrected chi connectivity index (χ3v) is 4.62. The number of hydrogen-bond acceptors (Lipinski definition) is 3. The van der Waals surface area contributed by atoms with Crippen LogP contribution in [-0.2, 0) is 11.3 Å². The van der Waals surface area contributed by atoms with Crippen LogP contribution in [0.3, 0.4) is 0 Å². The Kier molecular flexibility index (Phi) is 6.91. The molecule has 0 unspecified atom stereocenters. The summed E-state index contributed by atoms with van der Waals surface area (Å²) in [6, 6.07) is 6.31. The van der Waals surface area contributed by atoms with Gasteiger partial charge in [-0.2, -0.15) is 0 Å². The molecule has 0 amide bonds. The van der Waals surface area contributed by atoms with Crippen molar-refractivity contribution in [2.45, 2.75) is 39.7 Å².